The first-order valence-electron chi connectivity index (χ1n) is 28.8. The largest absolute Gasteiger partial charge is 0.394 e. The number of rotatable bonds is 48. The summed E-state index contributed by atoms with van der Waals surface area (Å²) in [5.41, 5.74) is 0. The third-order valence-electron chi connectivity index (χ3n) is 13.2. The SMILES string of the molecule is CC/C=C\C/C=C\C/C=C\C/C=C\C/C=C\C/C=C\CCCCCCCCCCCCCCCCC(=O)NC(COC1OC(CO)C(O)C(O)C1O)C(O)/C=C/CCCCCCCCCCCCCC. The average Bonchev–Trinajstić information content (AvgIpc) is 3.36. The molecule has 0 radical (unpaired) electrons. The Bertz CT molecular complexity index is 1370. The minimum atomic E-state index is -1.57. The molecule has 1 fully saturated rings. The summed E-state index contributed by atoms with van der Waals surface area (Å²) in [5, 5.41) is 54.4. The topological polar surface area (TPSA) is 149 Å². The maximum absolute atomic E-state index is 13.0. The highest BCUT2D eigenvalue weighted by Crippen LogP contribution is 2.23. The molecule has 0 aromatic heterocycles. The zero-order valence-corrected chi connectivity index (χ0v) is 44.7. The number of amides is 1. The van der Waals surface area contributed by atoms with Crippen molar-refractivity contribution in [3.8, 4) is 0 Å². The minimum Gasteiger partial charge on any atom is -0.394 e. The number of hydrogen-bond donors (Lipinski definition) is 6. The first-order valence-corrected chi connectivity index (χ1v) is 28.8. The van der Waals surface area contributed by atoms with Gasteiger partial charge >= 0.3 is 0 Å². The van der Waals surface area contributed by atoms with Crippen LogP contribution < -0.4 is 5.32 Å². The van der Waals surface area contributed by atoms with E-state index in [1.165, 1.54) is 141 Å². The second-order valence-electron chi connectivity index (χ2n) is 19.7. The number of carbonyl (C=O) groups is 1. The Morgan fingerprint density at radius 2 is 0.886 bits per heavy atom. The van der Waals surface area contributed by atoms with Gasteiger partial charge in [-0.1, -0.05) is 247 Å². The molecular formula is C61H107NO8. The summed E-state index contributed by atoms with van der Waals surface area (Å²) in [6.07, 6.45) is 63.6. The van der Waals surface area contributed by atoms with Crippen LogP contribution in [0.5, 0.6) is 0 Å². The number of allylic oxidation sites excluding steroid dienone is 13. The molecule has 9 nitrogen and oxygen atoms in total. The van der Waals surface area contributed by atoms with E-state index in [1.54, 1.807) is 6.08 Å². The number of unbranched alkanes of at least 4 members (excludes halogenated alkanes) is 26. The Morgan fingerprint density at radius 3 is 1.31 bits per heavy atom. The highest BCUT2D eigenvalue weighted by Gasteiger charge is 2.44. The number of aliphatic hydroxyl groups is 5. The summed E-state index contributed by atoms with van der Waals surface area (Å²) >= 11 is 0. The first kappa shape index (κ1) is 65.4. The number of ether oxygens (including phenoxy) is 2. The molecule has 0 aromatic carbocycles. The zero-order valence-electron chi connectivity index (χ0n) is 44.7. The smallest absolute Gasteiger partial charge is 0.220 e. The van der Waals surface area contributed by atoms with Gasteiger partial charge in [-0.2, -0.15) is 0 Å². The molecule has 0 saturated carbocycles. The van der Waals surface area contributed by atoms with Gasteiger partial charge < -0.3 is 40.3 Å². The predicted molar refractivity (Wildman–Crippen MR) is 295 cm³/mol. The lowest BCUT2D eigenvalue weighted by molar-refractivity contribution is -0.302. The quantitative estimate of drug-likeness (QED) is 0.0261. The normalized spacial score (nSPS) is 20.0. The van der Waals surface area contributed by atoms with Gasteiger partial charge in [-0.3, -0.25) is 4.79 Å². The van der Waals surface area contributed by atoms with Crippen LogP contribution in [0.1, 0.15) is 239 Å². The average molecular weight is 983 g/mol. The van der Waals surface area contributed by atoms with Crippen LogP contribution in [0.25, 0.3) is 0 Å². The van der Waals surface area contributed by atoms with Gasteiger partial charge in [0.1, 0.15) is 24.4 Å². The summed E-state index contributed by atoms with van der Waals surface area (Å²) in [6.45, 7) is 3.66. The lowest BCUT2D eigenvalue weighted by Crippen LogP contribution is -2.60. The zero-order chi connectivity index (χ0) is 50.8. The molecule has 7 unspecified atom stereocenters. The molecule has 9 heteroatoms. The Morgan fingerprint density at radius 1 is 0.500 bits per heavy atom. The summed E-state index contributed by atoms with van der Waals surface area (Å²) < 4.78 is 11.3. The standard InChI is InChI=1S/C61H107NO8/c1-3-5-7-9-11-13-15-17-19-20-21-22-23-24-25-26-27-28-29-30-31-32-33-34-35-36-37-39-41-43-45-47-49-51-57(65)62-54(53-69-61-60(68)59(67)58(66)56(52-63)70-61)55(64)50-48-46-44-42-40-38-18-16-14-12-10-8-6-4-2/h5,7,11,13,17,19,21-22,24-25,27-28,48,50,54-56,58-61,63-64,66-68H,3-4,6,8-10,12,14-16,18,20,23,26,29-47,49,51-53H2,1-2H3,(H,62,65)/b7-5-,13-11-,19-17-,22-21-,25-24-,28-27-,50-48+. The van der Waals surface area contributed by atoms with E-state index < -0.39 is 49.5 Å². The van der Waals surface area contributed by atoms with Crippen LogP contribution in [0.3, 0.4) is 0 Å². The third-order valence-corrected chi connectivity index (χ3v) is 13.2. The summed E-state index contributed by atoms with van der Waals surface area (Å²) in [4.78, 5) is 13.0. The molecule has 0 aromatic rings. The van der Waals surface area contributed by atoms with E-state index >= 15 is 0 Å². The van der Waals surface area contributed by atoms with Gasteiger partial charge in [-0.05, 0) is 70.6 Å². The molecule has 1 rings (SSSR count). The molecular weight excluding hydrogens is 875 g/mol. The van der Waals surface area contributed by atoms with E-state index in [4.69, 9.17) is 9.47 Å². The maximum Gasteiger partial charge on any atom is 0.220 e. The van der Waals surface area contributed by atoms with E-state index in [0.29, 0.717) is 6.42 Å². The molecule has 0 spiro atoms. The van der Waals surface area contributed by atoms with Gasteiger partial charge in [-0.25, -0.2) is 0 Å². The Balaban J connectivity index is 2.16. The summed E-state index contributed by atoms with van der Waals surface area (Å²) in [6, 6.07) is -0.808. The fourth-order valence-electron chi connectivity index (χ4n) is 8.69. The molecule has 1 amide bonds. The first-order chi connectivity index (χ1) is 34.3. The van der Waals surface area contributed by atoms with Crippen molar-refractivity contribution in [2.75, 3.05) is 13.2 Å². The van der Waals surface area contributed by atoms with Crippen molar-refractivity contribution in [2.45, 2.75) is 281 Å². The van der Waals surface area contributed by atoms with Crippen molar-refractivity contribution < 1.29 is 39.8 Å². The van der Waals surface area contributed by atoms with Crippen LogP contribution in [-0.4, -0.2) is 87.5 Å². The summed E-state index contributed by atoms with van der Waals surface area (Å²) in [7, 11) is 0. The van der Waals surface area contributed by atoms with Crippen molar-refractivity contribution in [2.24, 2.45) is 0 Å². The van der Waals surface area contributed by atoms with Gasteiger partial charge in [0.25, 0.3) is 0 Å². The maximum atomic E-state index is 13.0. The van der Waals surface area contributed by atoms with Gasteiger partial charge in [0.15, 0.2) is 6.29 Å². The van der Waals surface area contributed by atoms with Crippen LogP contribution in [0.2, 0.25) is 0 Å². The number of hydrogen-bond acceptors (Lipinski definition) is 8. The number of nitrogens with one attached hydrogen (secondary N) is 1. The number of carbonyl (C=O) groups excluding carboxylic acids is 1. The Labute approximate surface area is 429 Å². The number of aliphatic hydroxyl groups excluding tert-OH is 5. The molecule has 1 saturated heterocycles. The van der Waals surface area contributed by atoms with E-state index in [1.807, 2.05) is 6.08 Å². The molecule has 1 heterocycles. The van der Waals surface area contributed by atoms with Crippen LogP contribution in [0.4, 0.5) is 0 Å². The fourth-order valence-corrected chi connectivity index (χ4v) is 8.69. The van der Waals surface area contributed by atoms with Crippen molar-refractivity contribution in [1.29, 1.82) is 0 Å². The van der Waals surface area contributed by atoms with E-state index in [-0.39, 0.29) is 12.5 Å². The fraction of sp³-hybridized carbons (Fsp3) is 0.754. The molecule has 1 aliphatic rings. The highest BCUT2D eigenvalue weighted by molar-refractivity contribution is 5.76. The molecule has 404 valence electrons. The van der Waals surface area contributed by atoms with Gasteiger partial charge in [0, 0.05) is 6.42 Å². The van der Waals surface area contributed by atoms with Crippen molar-refractivity contribution in [3.05, 3.63) is 85.1 Å². The lowest BCUT2D eigenvalue weighted by Gasteiger charge is -2.40. The van der Waals surface area contributed by atoms with E-state index in [0.717, 1.165) is 77.0 Å². The molecule has 6 N–H and O–H groups in total. The lowest BCUT2D eigenvalue weighted by atomic mass is 9.99. The van der Waals surface area contributed by atoms with E-state index in [9.17, 15) is 30.3 Å². The van der Waals surface area contributed by atoms with Crippen LogP contribution in [-0.2, 0) is 14.3 Å². The second-order valence-corrected chi connectivity index (χ2v) is 19.7. The van der Waals surface area contributed by atoms with Crippen molar-refractivity contribution in [3.63, 3.8) is 0 Å². The predicted octanol–water partition coefficient (Wildman–Crippen LogP) is 14.2. The Hall–Kier alpha value is -2.63. The minimum absolute atomic E-state index is 0.180. The molecule has 70 heavy (non-hydrogen) atoms. The molecule has 0 aliphatic carbocycles. The Kier molecular flexibility index (Phi) is 46.6. The second kappa shape index (κ2) is 49.9. The summed E-state index contributed by atoms with van der Waals surface area (Å²) in [5.74, 6) is -0.180. The molecule has 0 bridgehead atoms. The van der Waals surface area contributed by atoms with Crippen LogP contribution in [0, 0.1) is 0 Å². The third kappa shape index (κ3) is 39.0. The van der Waals surface area contributed by atoms with Gasteiger partial charge in [0.05, 0.1) is 25.4 Å². The highest BCUT2D eigenvalue weighted by atomic mass is 16.7. The molecule has 1 aliphatic heterocycles. The van der Waals surface area contributed by atoms with Crippen molar-refractivity contribution >= 4 is 5.91 Å². The van der Waals surface area contributed by atoms with Crippen LogP contribution >= 0.6 is 0 Å². The van der Waals surface area contributed by atoms with E-state index in [2.05, 4.69) is 92.1 Å². The molecule has 7 atom stereocenters. The van der Waals surface area contributed by atoms with Crippen molar-refractivity contribution in [1.82, 2.24) is 5.32 Å². The van der Waals surface area contributed by atoms with Gasteiger partial charge in [0.2, 0.25) is 5.91 Å². The van der Waals surface area contributed by atoms with Crippen LogP contribution in [0.15, 0.2) is 85.1 Å². The van der Waals surface area contributed by atoms with Gasteiger partial charge in [-0.15, -0.1) is 0 Å². The monoisotopic (exact) mass is 982 g/mol.